The number of carbonyl (C=O) groups is 1. The summed E-state index contributed by atoms with van der Waals surface area (Å²) in [5.74, 6) is -0.297. The lowest BCUT2D eigenvalue weighted by atomic mass is 10.1. The minimum absolute atomic E-state index is 0.000119. The van der Waals surface area contributed by atoms with E-state index >= 15 is 0 Å². The Morgan fingerprint density at radius 2 is 1.73 bits per heavy atom. The maximum absolute atomic E-state index is 13.2. The Hall–Kier alpha value is -2.99. The summed E-state index contributed by atoms with van der Waals surface area (Å²) in [7, 11) is 0. The van der Waals surface area contributed by atoms with Gasteiger partial charge in [-0.1, -0.05) is 30.3 Å². The molecular weight excluding hydrogens is 381 g/mol. The number of carbonyl (C=O) groups excluding carboxylic acids is 1. The van der Waals surface area contributed by atoms with Gasteiger partial charge in [0.05, 0.1) is 35.3 Å². The molecule has 0 radical (unpaired) electrons. The van der Waals surface area contributed by atoms with E-state index in [4.69, 9.17) is 4.74 Å². The molecule has 0 atom stereocenters. The molecule has 0 saturated carbocycles. The number of benzene rings is 2. The summed E-state index contributed by atoms with van der Waals surface area (Å²) in [5, 5.41) is 4.53. The minimum atomic E-state index is -0.297. The molecule has 6 heteroatoms. The second-order valence-corrected chi connectivity index (χ2v) is 7.72. The molecule has 156 valence electrons. The van der Waals surface area contributed by atoms with Gasteiger partial charge in [-0.05, 0) is 56.5 Å². The summed E-state index contributed by atoms with van der Waals surface area (Å²) in [5.41, 5.74) is 3.98. The van der Waals surface area contributed by atoms with Gasteiger partial charge < -0.3 is 9.64 Å². The van der Waals surface area contributed by atoms with Crippen LogP contribution >= 0.6 is 0 Å². The fourth-order valence-corrected chi connectivity index (χ4v) is 3.96. The number of nitrogens with zero attached hydrogens (tertiary/aromatic N) is 3. The molecule has 1 saturated heterocycles. The normalized spacial score (nSPS) is 14.8. The van der Waals surface area contributed by atoms with Crippen LogP contribution in [0.4, 0.5) is 4.39 Å². The van der Waals surface area contributed by atoms with Gasteiger partial charge in [-0.2, -0.15) is 5.10 Å². The van der Waals surface area contributed by atoms with E-state index in [2.05, 4.69) is 17.2 Å². The number of piperidine rings is 1. The van der Waals surface area contributed by atoms with Gasteiger partial charge in [0.1, 0.15) is 5.82 Å². The first-order chi connectivity index (χ1) is 14.5. The molecule has 2 heterocycles. The summed E-state index contributed by atoms with van der Waals surface area (Å²) in [4.78, 5) is 15.1. The van der Waals surface area contributed by atoms with Gasteiger partial charge in [-0.15, -0.1) is 0 Å². The fraction of sp³-hybridized carbons (Fsp3) is 0.333. The molecule has 2 aromatic carbocycles. The molecule has 3 aromatic rings. The molecule has 0 aliphatic carbocycles. The first kappa shape index (κ1) is 20.3. The summed E-state index contributed by atoms with van der Waals surface area (Å²) >= 11 is 0. The second kappa shape index (κ2) is 8.79. The predicted octanol–water partition coefficient (Wildman–Crippen LogP) is 4.45. The highest BCUT2D eigenvalue weighted by Crippen LogP contribution is 2.23. The second-order valence-electron chi connectivity index (χ2n) is 7.72. The van der Waals surface area contributed by atoms with Crippen molar-refractivity contribution in [3.05, 3.63) is 82.9 Å². The molecule has 30 heavy (non-hydrogen) atoms. The molecule has 0 N–H and O–H groups in total. The average Bonchev–Trinajstić information content (AvgIpc) is 3.07. The Labute approximate surface area is 176 Å². The van der Waals surface area contributed by atoms with Crippen LogP contribution in [-0.4, -0.2) is 39.8 Å². The van der Waals surface area contributed by atoms with Crippen LogP contribution in [0.5, 0.6) is 0 Å². The highest BCUT2D eigenvalue weighted by molar-refractivity contribution is 5.96. The van der Waals surface area contributed by atoms with Crippen LogP contribution in [0.2, 0.25) is 0 Å². The van der Waals surface area contributed by atoms with Crippen molar-refractivity contribution in [1.29, 1.82) is 0 Å². The highest BCUT2D eigenvalue weighted by atomic mass is 19.1. The van der Waals surface area contributed by atoms with Crippen molar-refractivity contribution in [1.82, 2.24) is 14.7 Å². The maximum Gasteiger partial charge on any atom is 0.257 e. The van der Waals surface area contributed by atoms with E-state index in [-0.39, 0.29) is 17.8 Å². The maximum atomic E-state index is 13.2. The van der Waals surface area contributed by atoms with Gasteiger partial charge in [0.15, 0.2) is 0 Å². The lowest BCUT2D eigenvalue weighted by Gasteiger charge is -2.32. The van der Waals surface area contributed by atoms with Crippen molar-refractivity contribution in [2.45, 2.75) is 39.4 Å². The van der Waals surface area contributed by atoms with Crippen LogP contribution in [0.25, 0.3) is 5.69 Å². The van der Waals surface area contributed by atoms with E-state index in [1.54, 1.807) is 16.8 Å². The third kappa shape index (κ3) is 4.28. The van der Waals surface area contributed by atoms with E-state index in [0.29, 0.717) is 31.0 Å². The Bertz CT molecular complexity index is 1010. The number of likely N-dealkylation sites (tertiary alicyclic amines) is 1. The zero-order valence-electron chi connectivity index (χ0n) is 17.3. The topological polar surface area (TPSA) is 47.4 Å². The van der Waals surface area contributed by atoms with E-state index in [1.807, 2.05) is 36.9 Å². The monoisotopic (exact) mass is 407 g/mol. The van der Waals surface area contributed by atoms with Crippen molar-refractivity contribution in [3.63, 3.8) is 0 Å². The van der Waals surface area contributed by atoms with Crippen molar-refractivity contribution < 1.29 is 13.9 Å². The van der Waals surface area contributed by atoms with Crippen molar-refractivity contribution in [2.75, 3.05) is 13.1 Å². The van der Waals surface area contributed by atoms with Crippen LogP contribution in [0.15, 0.2) is 54.6 Å². The van der Waals surface area contributed by atoms with Gasteiger partial charge in [-0.3, -0.25) is 4.79 Å². The van der Waals surface area contributed by atoms with E-state index in [1.165, 1.54) is 12.1 Å². The van der Waals surface area contributed by atoms with E-state index in [0.717, 1.165) is 29.8 Å². The van der Waals surface area contributed by atoms with E-state index in [9.17, 15) is 9.18 Å². The zero-order chi connectivity index (χ0) is 21.1. The standard InChI is InChI=1S/C24H26FN3O2/c1-17-23(18(2)28(26-17)21-10-8-20(25)9-11-21)24(29)27-14-12-22(13-15-27)30-16-19-6-4-3-5-7-19/h3-11,22H,12-16H2,1-2H3. The van der Waals surface area contributed by atoms with Crippen LogP contribution in [0, 0.1) is 19.7 Å². The highest BCUT2D eigenvalue weighted by Gasteiger charge is 2.28. The minimum Gasteiger partial charge on any atom is -0.373 e. The number of aromatic nitrogens is 2. The Morgan fingerprint density at radius 1 is 1.07 bits per heavy atom. The van der Waals surface area contributed by atoms with Crippen LogP contribution < -0.4 is 0 Å². The first-order valence-electron chi connectivity index (χ1n) is 10.3. The van der Waals surface area contributed by atoms with Gasteiger partial charge in [-0.25, -0.2) is 9.07 Å². The van der Waals surface area contributed by atoms with Gasteiger partial charge in [0, 0.05) is 13.1 Å². The number of hydrogen-bond donors (Lipinski definition) is 0. The number of ether oxygens (including phenoxy) is 1. The summed E-state index contributed by atoms with van der Waals surface area (Å²) < 4.78 is 21.0. The van der Waals surface area contributed by atoms with Gasteiger partial charge >= 0.3 is 0 Å². The molecule has 0 spiro atoms. The molecule has 1 fully saturated rings. The molecule has 0 bridgehead atoms. The lowest BCUT2D eigenvalue weighted by Crippen LogP contribution is -2.41. The quantitative estimate of drug-likeness (QED) is 0.628. The van der Waals surface area contributed by atoms with Gasteiger partial charge in [0.25, 0.3) is 5.91 Å². The molecule has 1 amide bonds. The molecule has 5 nitrogen and oxygen atoms in total. The molecule has 1 aliphatic rings. The predicted molar refractivity (Wildman–Crippen MR) is 113 cm³/mol. The summed E-state index contributed by atoms with van der Waals surface area (Å²) in [6.07, 6.45) is 1.81. The Morgan fingerprint density at radius 3 is 2.40 bits per heavy atom. The summed E-state index contributed by atoms with van der Waals surface area (Å²) in [6, 6.07) is 16.3. The van der Waals surface area contributed by atoms with Crippen LogP contribution in [0.1, 0.15) is 40.2 Å². The van der Waals surface area contributed by atoms with E-state index < -0.39 is 0 Å². The van der Waals surface area contributed by atoms with Crippen LogP contribution in [0.3, 0.4) is 0 Å². The van der Waals surface area contributed by atoms with Crippen molar-refractivity contribution >= 4 is 5.91 Å². The average molecular weight is 407 g/mol. The largest absolute Gasteiger partial charge is 0.373 e. The first-order valence-corrected chi connectivity index (χ1v) is 10.3. The lowest BCUT2D eigenvalue weighted by molar-refractivity contribution is -0.000408. The molecule has 1 aliphatic heterocycles. The summed E-state index contributed by atoms with van der Waals surface area (Å²) in [6.45, 7) is 5.65. The number of amides is 1. The number of aryl methyl sites for hydroxylation is 1. The Balaban J connectivity index is 1.40. The fourth-order valence-electron chi connectivity index (χ4n) is 3.96. The number of rotatable bonds is 5. The molecule has 0 unspecified atom stereocenters. The van der Waals surface area contributed by atoms with Crippen molar-refractivity contribution in [2.24, 2.45) is 0 Å². The van der Waals surface area contributed by atoms with Crippen LogP contribution in [-0.2, 0) is 11.3 Å². The smallest absolute Gasteiger partial charge is 0.257 e. The third-order valence-electron chi connectivity index (χ3n) is 5.63. The molecule has 4 rings (SSSR count). The number of halogens is 1. The third-order valence-corrected chi connectivity index (χ3v) is 5.63. The molecular formula is C24H26FN3O2. The van der Waals surface area contributed by atoms with Gasteiger partial charge in [0.2, 0.25) is 0 Å². The Kier molecular flexibility index (Phi) is 5.95. The zero-order valence-corrected chi connectivity index (χ0v) is 17.3. The SMILES string of the molecule is Cc1nn(-c2ccc(F)cc2)c(C)c1C(=O)N1CCC(OCc2ccccc2)CC1. The number of hydrogen-bond acceptors (Lipinski definition) is 3. The van der Waals surface area contributed by atoms with Crippen molar-refractivity contribution in [3.8, 4) is 5.69 Å². The molecule has 1 aromatic heterocycles.